The number of esters is 1. The van der Waals surface area contributed by atoms with Crippen LogP contribution in [-0.2, 0) is 9.53 Å². The maximum atomic E-state index is 12.6. The van der Waals surface area contributed by atoms with Crippen molar-refractivity contribution in [1.29, 1.82) is 0 Å². The van der Waals surface area contributed by atoms with Crippen LogP contribution in [0, 0.1) is 16.7 Å². The summed E-state index contributed by atoms with van der Waals surface area (Å²) in [5.74, 6) is 0.681. The fourth-order valence-corrected chi connectivity index (χ4v) is 4.82. The summed E-state index contributed by atoms with van der Waals surface area (Å²) in [5.41, 5.74) is 0.445. The third kappa shape index (κ3) is 2.62. The Morgan fingerprint density at radius 3 is 2.36 bits per heavy atom. The molecule has 0 spiro atoms. The lowest BCUT2D eigenvalue weighted by molar-refractivity contribution is -0.912. The van der Waals surface area contributed by atoms with Gasteiger partial charge >= 0.3 is 5.97 Å². The highest BCUT2D eigenvalue weighted by atomic mass is 16.5. The molecule has 3 atom stereocenters. The highest BCUT2D eigenvalue weighted by Crippen LogP contribution is 2.66. The first-order valence-electron chi connectivity index (χ1n) is 8.90. The number of carbonyl (C=O) groups is 1. The Balaban J connectivity index is 2.03. The lowest BCUT2D eigenvalue weighted by Gasteiger charge is -2.39. The summed E-state index contributed by atoms with van der Waals surface area (Å²) in [6.45, 7) is 18.3. The molecular weight excluding hydrogens is 274 g/mol. The third-order valence-corrected chi connectivity index (χ3v) is 7.31. The minimum absolute atomic E-state index is 0.0277. The van der Waals surface area contributed by atoms with Crippen LogP contribution in [0.1, 0.15) is 53.9 Å². The number of ether oxygens (including phenoxy) is 1. The van der Waals surface area contributed by atoms with Crippen LogP contribution in [-0.4, -0.2) is 42.7 Å². The topological polar surface area (TPSA) is 26.3 Å². The van der Waals surface area contributed by atoms with Crippen LogP contribution < -0.4 is 0 Å². The van der Waals surface area contributed by atoms with Crippen LogP contribution in [0.25, 0.3) is 0 Å². The largest absolute Gasteiger partial charge is 0.458 e. The minimum Gasteiger partial charge on any atom is -0.458 e. The van der Waals surface area contributed by atoms with Gasteiger partial charge in [-0.25, -0.2) is 4.79 Å². The van der Waals surface area contributed by atoms with Gasteiger partial charge in [0.1, 0.15) is 6.10 Å². The zero-order valence-electron chi connectivity index (χ0n) is 15.2. The second-order valence-corrected chi connectivity index (χ2v) is 8.19. The van der Waals surface area contributed by atoms with Crippen molar-refractivity contribution in [3.05, 3.63) is 12.7 Å². The van der Waals surface area contributed by atoms with Crippen molar-refractivity contribution in [2.75, 3.05) is 26.2 Å². The van der Waals surface area contributed by atoms with Crippen molar-refractivity contribution >= 4 is 5.97 Å². The first-order chi connectivity index (χ1) is 10.2. The van der Waals surface area contributed by atoms with E-state index < -0.39 is 0 Å². The van der Waals surface area contributed by atoms with E-state index in [0.717, 1.165) is 30.5 Å². The van der Waals surface area contributed by atoms with Gasteiger partial charge in [-0.3, -0.25) is 0 Å². The quantitative estimate of drug-likeness (QED) is 0.406. The Hall–Kier alpha value is -0.830. The molecule has 22 heavy (non-hydrogen) atoms. The van der Waals surface area contributed by atoms with Crippen LogP contribution >= 0.6 is 0 Å². The average Bonchev–Trinajstić information content (AvgIpc) is 2.80. The second kappa shape index (κ2) is 5.99. The molecular formula is C19H34NO2+. The van der Waals surface area contributed by atoms with Gasteiger partial charge in [-0.05, 0) is 50.5 Å². The number of nitrogens with zero attached hydrogens (tertiary/aromatic N) is 1. The van der Waals surface area contributed by atoms with Crippen molar-refractivity contribution in [2.24, 2.45) is 16.7 Å². The molecule has 0 aromatic rings. The second-order valence-electron chi connectivity index (χ2n) is 8.19. The zero-order valence-corrected chi connectivity index (χ0v) is 15.2. The van der Waals surface area contributed by atoms with Gasteiger partial charge in [0, 0.05) is 5.41 Å². The number of likely N-dealkylation sites (N-methyl/N-ethyl adjacent to an activating group) is 1. The van der Waals surface area contributed by atoms with E-state index in [-0.39, 0.29) is 17.5 Å². The predicted octanol–water partition coefficient (Wildman–Crippen LogP) is 3.79. The van der Waals surface area contributed by atoms with Gasteiger partial charge in [0.05, 0.1) is 19.6 Å². The van der Waals surface area contributed by atoms with Gasteiger partial charge in [-0.15, -0.1) is 0 Å². The molecule has 0 saturated heterocycles. The smallest absolute Gasteiger partial charge is 0.362 e. The van der Waals surface area contributed by atoms with E-state index >= 15 is 0 Å². The maximum Gasteiger partial charge on any atom is 0.362 e. The van der Waals surface area contributed by atoms with E-state index in [1.165, 1.54) is 12.8 Å². The van der Waals surface area contributed by atoms with E-state index in [1.54, 1.807) is 0 Å². The summed E-state index contributed by atoms with van der Waals surface area (Å²) in [6, 6.07) is 0. The van der Waals surface area contributed by atoms with E-state index in [0.29, 0.717) is 17.9 Å². The predicted molar refractivity (Wildman–Crippen MR) is 90.4 cm³/mol. The van der Waals surface area contributed by atoms with Gasteiger partial charge in [-0.1, -0.05) is 27.4 Å². The number of hydrogen-bond donors (Lipinski definition) is 0. The third-order valence-electron chi connectivity index (χ3n) is 7.31. The fourth-order valence-electron chi connectivity index (χ4n) is 4.82. The molecule has 2 rings (SSSR count). The summed E-state index contributed by atoms with van der Waals surface area (Å²) in [7, 11) is 0. The van der Waals surface area contributed by atoms with Gasteiger partial charge in [0.25, 0.3) is 0 Å². The van der Waals surface area contributed by atoms with Crippen LogP contribution in [0.4, 0.5) is 0 Å². The number of hydrogen-bond acceptors (Lipinski definition) is 2. The number of quaternary nitrogens is 1. The normalized spacial score (nSPS) is 33.0. The van der Waals surface area contributed by atoms with E-state index in [9.17, 15) is 4.79 Å². The van der Waals surface area contributed by atoms with Crippen LogP contribution in [0.2, 0.25) is 0 Å². The summed E-state index contributed by atoms with van der Waals surface area (Å²) in [4.78, 5) is 12.6. The van der Waals surface area contributed by atoms with Crippen molar-refractivity contribution in [3.63, 3.8) is 0 Å². The SMILES string of the molecule is C=CC[N+](CC)(CC)CC(=O)OC1CC2CCC1(C)C2(C)C. The standard InChI is InChI=1S/C19H34NO2/c1-7-12-20(8-2,9-3)14-17(21)22-16-13-15-10-11-19(16,6)18(15,4)5/h7,15-16H,1,8-14H2,2-6H3/q+1. The Morgan fingerprint density at radius 1 is 1.32 bits per heavy atom. The molecule has 0 aromatic carbocycles. The fraction of sp³-hybridized carbons (Fsp3) is 0.842. The van der Waals surface area contributed by atoms with E-state index in [4.69, 9.17) is 4.74 Å². The molecule has 0 N–H and O–H groups in total. The van der Waals surface area contributed by atoms with Gasteiger partial charge < -0.3 is 9.22 Å². The van der Waals surface area contributed by atoms with E-state index in [1.807, 2.05) is 6.08 Å². The van der Waals surface area contributed by atoms with Crippen molar-refractivity contribution in [1.82, 2.24) is 0 Å². The molecule has 0 amide bonds. The molecule has 2 bridgehead atoms. The molecule has 2 fully saturated rings. The van der Waals surface area contributed by atoms with E-state index in [2.05, 4.69) is 41.2 Å². The molecule has 3 heteroatoms. The Morgan fingerprint density at radius 2 is 1.95 bits per heavy atom. The lowest BCUT2D eigenvalue weighted by Crippen LogP contribution is -2.52. The molecule has 2 saturated carbocycles. The molecule has 2 aliphatic carbocycles. The van der Waals surface area contributed by atoms with Gasteiger partial charge in [0.15, 0.2) is 6.54 Å². The highest BCUT2D eigenvalue weighted by Gasteiger charge is 2.63. The molecule has 0 aliphatic heterocycles. The Bertz CT molecular complexity index is 439. The minimum atomic E-state index is -0.0277. The zero-order chi connectivity index (χ0) is 16.6. The number of fused-ring (bicyclic) bond motifs is 2. The molecule has 0 heterocycles. The summed E-state index contributed by atoms with van der Waals surface area (Å²) in [5, 5.41) is 0. The van der Waals surface area contributed by atoms with Crippen LogP contribution in [0.15, 0.2) is 12.7 Å². The monoisotopic (exact) mass is 308 g/mol. The highest BCUT2D eigenvalue weighted by molar-refractivity contribution is 5.71. The Kier molecular flexibility index (Phi) is 4.77. The molecule has 3 nitrogen and oxygen atoms in total. The number of rotatable bonds is 7. The van der Waals surface area contributed by atoms with Crippen molar-refractivity contribution in [2.45, 2.75) is 60.0 Å². The van der Waals surface area contributed by atoms with Crippen LogP contribution in [0.5, 0.6) is 0 Å². The lowest BCUT2D eigenvalue weighted by atomic mass is 9.70. The van der Waals surface area contributed by atoms with Crippen molar-refractivity contribution < 1.29 is 14.0 Å². The summed E-state index contributed by atoms with van der Waals surface area (Å²) in [6.07, 6.45) is 5.56. The molecule has 126 valence electrons. The maximum absolute atomic E-state index is 12.6. The molecule has 0 radical (unpaired) electrons. The summed E-state index contributed by atoms with van der Waals surface area (Å²) >= 11 is 0. The number of carbonyl (C=O) groups excluding carboxylic acids is 1. The van der Waals surface area contributed by atoms with Crippen LogP contribution in [0.3, 0.4) is 0 Å². The van der Waals surface area contributed by atoms with Gasteiger partial charge in [-0.2, -0.15) is 0 Å². The Labute approximate surface area is 136 Å². The molecule has 2 aliphatic rings. The molecule has 0 aromatic heterocycles. The molecule has 3 unspecified atom stereocenters. The van der Waals surface area contributed by atoms with Crippen molar-refractivity contribution in [3.8, 4) is 0 Å². The average molecular weight is 308 g/mol. The first-order valence-corrected chi connectivity index (χ1v) is 8.90. The first kappa shape index (κ1) is 17.5. The van der Waals surface area contributed by atoms with Gasteiger partial charge in [0.2, 0.25) is 0 Å². The summed E-state index contributed by atoms with van der Waals surface area (Å²) < 4.78 is 6.75.